The van der Waals surface area contributed by atoms with Crippen LogP contribution < -0.4 is 5.73 Å². The summed E-state index contributed by atoms with van der Waals surface area (Å²) in [5, 5.41) is 6.18. The Morgan fingerprint density at radius 1 is 1.53 bits per heavy atom. The van der Waals surface area contributed by atoms with Crippen molar-refractivity contribution in [3.8, 4) is 0 Å². The first kappa shape index (κ1) is 11.3. The van der Waals surface area contributed by atoms with Crippen LogP contribution in [0.5, 0.6) is 0 Å². The molecule has 0 amide bonds. The molecule has 0 spiro atoms. The molecule has 1 unspecified atom stereocenters. The van der Waals surface area contributed by atoms with Gasteiger partial charge in [0, 0.05) is 21.8 Å². The zero-order chi connectivity index (χ0) is 11.0. The van der Waals surface area contributed by atoms with Gasteiger partial charge in [-0.05, 0) is 37.9 Å². The normalized spacial score (nSPS) is 13.1. The molecule has 0 aliphatic heterocycles. The molecule has 6 heteroatoms. The van der Waals surface area contributed by atoms with Gasteiger partial charge in [0.1, 0.15) is 0 Å². The van der Waals surface area contributed by atoms with Crippen LogP contribution in [-0.4, -0.2) is 9.78 Å². The van der Waals surface area contributed by atoms with Gasteiger partial charge in [-0.1, -0.05) is 0 Å². The van der Waals surface area contributed by atoms with Crippen LogP contribution in [0, 0.1) is 0 Å². The number of halogens is 2. The molecule has 2 heterocycles. The molecule has 1 atom stereocenters. The Labute approximate surface area is 109 Å². The van der Waals surface area contributed by atoms with Gasteiger partial charge in [-0.15, -0.1) is 11.3 Å². The Hall–Kier alpha value is -0.170. The predicted octanol–water partition coefficient (Wildman–Crippen LogP) is 3.05. The molecule has 2 aromatic rings. The molecule has 80 valence electrons. The average molecular weight is 351 g/mol. The Morgan fingerprint density at radius 2 is 2.27 bits per heavy atom. The minimum atomic E-state index is -0.136. The molecular formula is C9H9Br2N3S. The van der Waals surface area contributed by atoms with E-state index in [4.69, 9.17) is 5.73 Å². The number of nitrogens with two attached hydrogens (primary N) is 1. The van der Waals surface area contributed by atoms with Crippen LogP contribution in [0.2, 0.25) is 0 Å². The van der Waals surface area contributed by atoms with Crippen molar-refractivity contribution in [3.63, 3.8) is 0 Å². The second-order valence-electron chi connectivity index (χ2n) is 3.15. The molecule has 3 nitrogen and oxygen atoms in total. The first-order chi connectivity index (χ1) is 7.09. The van der Waals surface area contributed by atoms with E-state index >= 15 is 0 Å². The van der Waals surface area contributed by atoms with Gasteiger partial charge >= 0.3 is 0 Å². The molecule has 2 N–H and O–H groups in total. The lowest BCUT2D eigenvalue weighted by Crippen LogP contribution is -2.15. The van der Waals surface area contributed by atoms with Crippen molar-refractivity contribution >= 4 is 43.2 Å². The summed E-state index contributed by atoms with van der Waals surface area (Å²) in [6.45, 7) is 0. The lowest BCUT2D eigenvalue weighted by atomic mass is 10.2. The molecule has 0 aliphatic carbocycles. The van der Waals surface area contributed by atoms with Gasteiger partial charge in [0.05, 0.1) is 22.4 Å². The van der Waals surface area contributed by atoms with Crippen molar-refractivity contribution in [2.45, 2.75) is 6.04 Å². The summed E-state index contributed by atoms with van der Waals surface area (Å²) < 4.78 is 3.81. The Balaban J connectivity index is 2.40. The van der Waals surface area contributed by atoms with E-state index in [9.17, 15) is 0 Å². The maximum absolute atomic E-state index is 6.17. The summed E-state index contributed by atoms with van der Waals surface area (Å²) in [7, 11) is 1.89. The quantitative estimate of drug-likeness (QED) is 0.904. The molecule has 0 aliphatic rings. The summed E-state index contributed by atoms with van der Waals surface area (Å²) in [5.41, 5.74) is 7.16. The largest absolute Gasteiger partial charge is 0.318 e. The maximum Gasteiger partial charge on any atom is 0.0828 e. The van der Waals surface area contributed by atoms with E-state index in [-0.39, 0.29) is 6.04 Å². The van der Waals surface area contributed by atoms with Crippen molar-refractivity contribution in [2.75, 3.05) is 0 Å². The maximum atomic E-state index is 6.17. The van der Waals surface area contributed by atoms with Gasteiger partial charge in [0.15, 0.2) is 0 Å². The van der Waals surface area contributed by atoms with E-state index in [1.165, 1.54) is 0 Å². The number of hydrogen-bond donors (Lipinski definition) is 1. The standard InChI is InChI=1S/C9H9Br2N3S/c1-14-9(6(11)3-13-14)8(12)7-2-5(10)4-15-7/h2-4,8H,12H2,1H3. The molecule has 2 rings (SSSR count). The van der Waals surface area contributed by atoms with Gasteiger partial charge in [0.2, 0.25) is 0 Å². The Bertz CT molecular complexity index is 458. The molecular weight excluding hydrogens is 342 g/mol. The van der Waals surface area contributed by atoms with E-state index < -0.39 is 0 Å². The molecule has 0 saturated carbocycles. The first-order valence-corrected chi connectivity index (χ1v) is 6.73. The molecule has 0 saturated heterocycles. The van der Waals surface area contributed by atoms with E-state index in [2.05, 4.69) is 37.0 Å². The zero-order valence-corrected chi connectivity index (χ0v) is 11.9. The molecule has 0 bridgehead atoms. The topological polar surface area (TPSA) is 43.8 Å². The number of hydrogen-bond acceptors (Lipinski definition) is 3. The first-order valence-electron chi connectivity index (χ1n) is 4.26. The van der Waals surface area contributed by atoms with Crippen LogP contribution in [0.15, 0.2) is 26.6 Å². The van der Waals surface area contributed by atoms with Crippen LogP contribution >= 0.6 is 43.2 Å². The van der Waals surface area contributed by atoms with E-state index in [1.54, 1.807) is 22.2 Å². The van der Waals surface area contributed by atoms with Crippen molar-refractivity contribution in [2.24, 2.45) is 12.8 Å². The van der Waals surface area contributed by atoms with Gasteiger partial charge < -0.3 is 5.73 Å². The average Bonchev–Trinajstić information content (AvgIpc) is 2.73. The third-order valence-corrected chi connectivity index (χ3v) is 4.51. The van der Waals surface area contributed by atoms with Gasteiger partial charge in [0.25, 0.3) is 0 Å². The third-order valence-electron chi connectivity index (χ3n) is 2.13. The number of thiophene rings is 1. The fraction of sp³-hybridized carbons (Fsp3) is 0.222. The van der Waals surface area contributed by atoms with Crippen LogP contribution in [-0.2, 0) is 7.05 Å². The summed E-state index contributed by atoms with van der Waals surface area (Å²) >= 11 is 8.51. The van der Waals surface area contributed by atoms with Crippen molar-refractivity contribution in [1.82, 2.24) is 9.78 Å². The highest BCUT2D eigenvalue weighted by Crippen LogP contribution is 2.31. The lowest BCUT2D eigenvalue weighted by Gasteiger charge is -2.10. The van der Waals surface area contributed by atoms with Gasteiger partial charge in [-0.3, -0.25) is 4.68 Å². The molecule has 0 fully saturated rings. The number of aryl methyl sites for hydroxylation is 1. The minimum absolute atomic E-state index is 0.136. The van der Waals surface area contributed by atoms with E-state index in [0.29, 0.717) is 0 Å². The van der Waals surface area contributed by atoms with E-state index in [1.807, 2.05) is 18.5 Å². The number of nitrogens with zero attached hydrogens (tertiary/aromatic N) is 2. The van der Waals surface area contributed by atoms with Gasteiger partial charge in [-0.2, -0.15) is 5.10 Å². The highest BCUT2D eigenvalue weighted by Gasteiger charge is 2.18. The molecule has 0 radical (unpaired) electrons. The second-order valence-corrected chi connectivity index (χ2v) is 5.86. The monoisotopic (exact) mass is 349 g/mol. The van der Waals surface area contributed by atoms with Gasteiger partial charge in [-0.25, -0.2) is 0 Å². The van der Waals surface area contributed by atoms with Crippen molar-refractivity contribution in [3.05, 3.63) is 37.2 Å². The smallest absolute Gasteiger partial charge is 0.0828 e. The fourth-order valence-corrected chi connectivity index (χ4v) is 3.44. The van der Waals surface area contributed by atoms with E-state index in [0.717, 1.165) is 19.5 Å². The molecule has 15 heavy (non-hydrogen) atoms. The number of aromatic nitrogens is 2. The zero-order valence-electron chi connectivity index (χ0n) is 7.95. The second kappa shape index (κ2) is 4.37. The number of rotatable bonds is 2. The summed E-state index contributed by atoms with van der Waals surface area (Å²) in [6.07, 6.45) is 1.76. The lowest BCUT2D eigenvalue weighted by molar-refractivity contribution is 0.676. The minimum Gasteiger partial charge on any atom is -0.318 e. The summed E-state index contributed by atoms with van der Waals surface area (Å²) in [6, 6.07) is 1.90. The van der Waals surface area contributed by atoms with Crippen LogP contribution in [0.4, 0.5) is 0 Å². The summed E-state index contributed by atoms with van der Waals surface area (Å²) in [4.78, 5) is 1.12. The predicted molar refractivity (Wildman–Crippen MR) is 69.0 cm³/mol. The van der Waals surface area contributed by atoms with Crippen molar-refractivity contribution in [1.29, 1.82) is 0 Å². The highest BCUT2D eigenvalue weighted by atomic mass is 79.9. The molecule has 0 aromatic carbocycles. The van der Waals surface area contributed by atoms with Crippen LogP contribution in [0.1, 0.15) is 16.6 Å². The highest BCUT2D eigenvalue weighted by molar-refractivity contribution is 9.10. The molecule has 2 aromatic heterocycles. The van der Waals surface area contributed by atoms with Crippen molar-refractivity contribution < 1.29 is 0 Å². The van der Waals surface area contributed by atoms with Crippen LogP contribution in [0.25, 0.3) is 0 Å². The Morgan fingerprint density at radius 3 is 2.73 bits per heavy atom. The van der Waals surface area contributed by atoms with Crippen LogP contribution in [0.3, 0.4) is 0 Å². The SMILES string of the molecule is Cn1ncc(Br)c1C(N)c1cc(Br)cs1. The third kappa shape index (κ3) is 2.18. The Kier molecular flexibility index (Phi) is 3.30. The summed E-state index contributed by atoms with van der Waals surface area (Å²) in [5.74, 6) is 0. The fourth-order valence-electron chi connectivity index (χ4n) is 1.40.